The first-order valence-corrected chi connectivity index (χ1v) is 6.58. The Hall–Kier alpha value is -1.63. The summed E-state index contributed by atoms with van der Waals surface area (Å²) in [5, 5.41) is 8.99. The number of rotatable bonds is 3. The molecule has 1 aromatic carbocycles. The number of alkyl halides is 3. The van der Waals surface area contributed by atoms with Crippen molar-refractivity contribution in [1.82, 2.24) is 4.90 Å². The van der Waals surface area contributed by atoms with Crippen LogP contribution in [0.15, 0.2) is 18.2 Å². The lowest BCUT2D eigenvalue weighted by molar-refractivity contribution is -0.144. The quantitative estimate of drug-likeness (QED) is 0.872. The number of hydrogen-bond acceptors (Lipinski definition) is 2. The largest absolute Gasteiger partial charge is 0.481 e. The van der Waals surface area contributed by atoms with Gasteiger partial charge in [0.15, 0.2) is 0 Å². The number of hydrogen-bond donors (Lipinski definition) is 1. The van der Waals surface area contributed by atoms with Crippen LogP contribution in [-0.4, -0.2) is 29.1 Å². The molecule has 116 valence electrons. The van der Waals surface area contributed by atoms with E-state index in [1.807, 2.05) is 0 Å². The van der Waals surface area contributed by atoms with Crippen LogP contribution in [-0.2, 0) is 17.5 Å². The number of carboxylic acid groups (broad SMARTS) is 1. The minimum atomic E-state index is -4.63. The average molecular weight is 305 g/mol. The number of benzene rings is 1. The summed E-state index contributed by atoms with van der Waals surface area (Å²) in [7, 11) is 0. The van der Waals surface area contributed by atoms with Crippen LogP contribution < -0.4 is 0 Å². The first-order valence-electron chi connectivity index (χ1n) is 6.58. The topological polar surface area (TPSA) is 40.5 Å². The zero-order chi connectivity index (χ0) is 15.6. The summed E-state index contributed by atoms with van der Waals surface area (Å²) in [6.07, 6.45) is -3.47. The van der Waals surface area contributed by atoms with E-state index >= 15 is 0 Å². The second-order valence-corrected chi connectivity index (χ2v) is 5.21. The Labute approximate surface area is 119 Å². The van der Waals surface area contributed by atoms with E-state index in [0.29, 0.717) is 25.5 Å². The molecule has 0 radical (unpaired) electrons. The molecular formula is C14H15F4NO2. The van der Waals surface area contributed by atoms with Gasteiger partial charge in [0.25, 0.3) is 0 Å². The molecule has 1 aromatic rings. The van der Waals surface area contributed by atoms with E-state index in [1.165, 1.54) is 0 Å². The Kier molecular flexibility index (Phi) is 4.51. The van der Waals surface area contributed by atoms with Gasteiger partial charge in [-0.15, -0.1) is 0 Å². The molecule has 21 heavy (non-hydrogen) atoms. The standard InChI is InChI=1S/C14H15F4NO2/c15-11-4-3-9(12(6-11)14(16,17)18)7-19-5-1-2-10(8-19)13(20)21/h3-4,6,10H,1-2,5,7-8H2,(H,20,21). The summed E-state index contributed by atoms with van der Waals surface area (Å²) in [5.41, 5.74) is -1.03. The summed E-state index contributed by atoms with van der Waals surface area (Å²) in [4.78, 5) is 12.6. The molecule has 1 heterocycles. The van der Waals surface area contributed by atoms with Crippen LogP contribution >= 0.6 is 0 Å². The highest BCUT2D eigenvalue weighted by atomic mass is 19.4. The molecule has 1 unspecified atom stereocenters. The van der Waals surface area contributed by atoms with E-state index < -0.39 is 29.4 Å². The molecule has 0 saturated carbocycles. The lowest BCUT2D eigenvalue weighted by Gasteiger charge is -2.31. The molecular weight excluding hydrogens is 290 g/mol. The summed E-state index contributed by atoms with van der Waals surface area (Å²) in [6, 6.07) is 2.58. The van der Waals surface area contributed by atoms with Crippen molar-refractivity contribution < 1.29 is 27.5 Å². The lowest BCUT2D eigenvalue weighted by atomic mass is 9.97. The monoisotopic (exact) mass is 305 g/mol. The van der Waals surface area contributed by atoms with Gasteiger partial charge in [0.1, 0.15) is 5.82 Å². The average Bonchev–Trinajstić information content (AvgIpc) is 2.40. The Balaban J connectivity index is 2.18. The summed E-state index contributed by atoms with van der Waals surface area (Å²) in [6.45, 7) is 0.724. The van der Waals surface area contributed by atoms with Gasteiger partial charge < -0.3 is 5.11 Å². The maximum atomic E-state index is 13.0. The molecule has 3 nitrogen and oxygen atoms in total. The molecule has 2 rings (SSSR count). The minimum Gasteiger partial charge on any atom is -0.481 e. The number of likely N-dealkylation sites (tertiary alicyclic amines) is 1. The molecule has 1 aliphatic rings. The van der Waals surface area contributed by atoms with E-state index in [4.69, 9.17) is 5.11 Å². The molecule has 1 N–H and O–H groups in total. The molecule has 0 aliphatic carbocycles. The normalized spacial score (nSPS) is 20.5. The van der Waals surface area contributed by atoms with E-state index in [-0.39, 0.29) is 18.7 Å². The summed E-state index contributed by atoms with van der Waals surface area (Å²) < 4.78 is 51.8. The Bertz CT molecular complexity index is 530. The third-order valence-corrected chi connectivity index (χ3v) is 3.63. The minimum absolute atomic E-state index is 0.0289. The zero-order valence-electron chi connectivity index (χ0n) is 11.2. The van der Waals surface area contributed by atoms with E-state index in [9.17, 15) is 22.4 Å². The summed E-state index contributed by atoms with van der Waals surface area (Å²) in [5.74, 6) is -2.43. The maximum Gasteiger partial charge on any atom is 0.416 e. The molecule has 0 bridgehead atoms. The predicted molar refractivity (Wildman–Crippen MR) is 67.0 cm³/mol. The lowest BCUT2D eigenvalue weighted by Crippen LogP contribution is -2.38. The molecule has 0 aromatic heterocycles. The first-order chi connectivity index (χ1) is 9.77. The van der Waals surface area contributed by atoms with Gasteiger partial charge in [0, 0.05) is 13.1 Å². The highest BCUT2D eigenvalue weighted by Crippen LogP contribution is 2.33. The number of aliphatic carboxylic acids is 1. The number of carboxylic acids is 1. The highest BCUT2D eigenvalue weighted by molar-refractivity contribution is 5.70. The fourth-order valence-corrected chi connectivity index (χ4v) is 2.59. The van der Waals surface area contributed by atoms with Crippen LogP contribution in [0.25, 0.3) is 0 Å². The van der Waals surface area contributed by atoms with Crippen molar-refractivity contribution in [3.05, 3.63) is 35.1 Å². The maximum absolute atomic E-state index is 13.0. The van der Waals surface area contributed by atoms with E-state index in [2.05, 4.69) is 0 Å². The van der Waals surface area contributed by atoms with Crippen LogP contribution in [0.5, 0.6) is 0 Å². The Morgan fingerprint density at radius 1 is 1.38 bits per heavy atom. The molecule has 7 heteroatoms. The second-order valence-electron chi connectivity index (χ2n) is 5.21. The van der Waals surface area contributed by atoms with Gasteiger partial charge in [0.2, 0.25) is 0 Å². The van der Waals surface area contributed by atoms with Gasteiger partial charge in [-0.3, -0.25) is 9.69 Å². The third kappa shape index (κ3) is 3.93. The van der Waals surface area contributed by atoms with Crippen LogP contribution in [0.2, 0.25) is 0 Å². The van der Waals surface area contributed by atoms with Gasteiger partial charge in [-0.05, 0) is 37.1 Å². The molecule has 0 amide bonds. The SMILES string of the molecule is O=C(O)C1CCCN(Cc2ccc(F)cc2C(F)(F)F)C1. The van der Waals surface area contributed by atoms with Crippen molar-refractivity contribution in [2.45, 2.75) is 25.6 Å². The van der Waals surface area contributed by atoms with Crippen LogP contribution in [0, 0.1) is 11.7 Å². The molecule has 1 fully saturated rings. The zero-order valence-corrected chi connectivity index (χ0v) is 11.2. The third-order valence-electron chi connectivity index (χ3n) is 3.63. The van der Waals surface area contributed by atoms with E-state index in [0.717, 1.165) is 12.1 Å². The van der Waals surface area contributed by atoms with Crippen LogP contribution in [0.1, 0.15) is 24.0 Å². The molecule has 1 saturated heterocycles. The van der Waals surface area contributed by atoms with E-state index in [1.54, 1.807) is 4.90 Å². The second kappa shape index (κ2) is 6.01. The van der Waals surface area contributed by atoms with Crippen molar-refractivity contribution in [3.8, 4) is 0 Å². The fraction of sp³-hybridized carbons (Fsp3) is 0.500. The number of carbonyl (C=O) groups is 1. The first kappa shape index (κ1) is 15.8. The van der Waals surface area contributed by atoms with Gasteiger partial charge >= 0.3 is 12.1 Å². The smallest absolute Gasteiger partial charge is 0.416 e. The molecule has 0 spiro atoms. The van der Waals surface area contributed by atoms with Gasteiger partial charge in [-0.25, -0.2) is 4.39 Å². The predicted octanol–water partition coefficient (Wildman–Crippen LogP) is 3.14. The van der Waals surface area contributed by atoms with Crippen LogP contribution in [0.4, 0.5) is 17.6 Å². The number of halogens is 4. The highest BCUT2D eigenvalue weighted by Gasteiger charge is 2.34. The Morgan fingerprint density at radius 2 is 2.10 bits per heavy atom. The van der Waals surface area contributed by atoms with Crippen molar-refractivity contribution >= 4 is 5.97 Å². The van der Waals surface area contributed by atoms with Crippen molar-refractivity contribution in [3.63, 3.8) is 0 Å². The molecule has 1 atom stereocenters. The number of nitrogens with zero attached hydrogens (tertiary/aromatic N) is 1. The molecule has 1 aliphatic heterocycles. The number of piperidine rings is 1. The van der Waals surface area contributed by atoms with Crippen molar-refractivity contribution in [2.75, 3.05) is 13.1 Å². The van der Waals surface area contributed by atoms with Gasteiger partial charge in [0.05, 0.1) is 11.5 Å². The van der Waals surface area contributed by atoms with Crippen molar-refractivity contribution in [2.24, 2.45) is 5.92 Å². The van der Waals surface area contributed by atoms with Gasteiger partial charge in [-0.2, -0.15) is 13.2 Å². The van der Waals surface area contributed by atoms with Gasteiger partial charge in [-0.1, -0.05) is 6.07 Å². The Morgan fingerprint density at radius 3 is 2.71 bits per heavy atom. The van der Waals surface area contributed by atoms with Crippen LogP contribution in [0.3, 0.4) is 0 Å². The fourth-order valence-electron chi connectivity index (χ4n) is 2.59. The van der Waals surface area contributed by atoms with Crippen molar-refractivity contribution in [1.29, 1.82) is 0 Å². The summed E-state index contributed by atoms with van der Waals surface area (Å²) >= 11 is 0.